The third-order valence-corrected chi connectivity index (χ3v) is 6.51. The first-order chi connectivity index (χ1) is 17.5. The van der Waals surface area contributed by atoms with E-state index in [1.165, 1.54) is 11.3 Å². The summed E-state index contributed by atoms with van der Waals surface area (Å²) in [6, 6.07) is 21.1. The number of hydrogen-bond acceptors (Lipinski definition) is 7. The average molecular weight is 565 g/mol. The standard InChI is InChI=1S/C27H25BrN4O3S/c1-3-34-24-13-20(15-29-32-27-31-23(17-36-27)19-10-5-4-6-11-19)21(28)14-25(24)35-16-26(33)30-22-12-8-7-9-18(22)2/h4-15,17H,3,16H2,1-2H3,(H,30,33)(H,31,32). The van der Waals surface area contributed by atoms with Gasteiger partial charge in [0.05, 0.1) is 18.5 Å². The molecule has 3 aromatic carbocycles. The molecule has 184 valence electrons. The third-order valence-electron chi connectivity index (χ3n) is 5.08. The van der Waals surface area contributed by atoms with Gasteiger partial charge in [-0.15, -0.1) is 11.3 Å². The van der Waals surface area contributed by atoms with Gasteiger partial charge in [-0.2, -0.15) is 5.10 Å². The van der Waals surface area contributed by atoms with Crippen LogP contribution in [0.2, 0.25) is 0 Å². The van der Waals surface area contributed by atoms with Crippen LogP contribution < -0.4 is 20.2 Å². The summed E-state index contributed by atoms with van der Waals surface area (Å²) >= 11 is 5.03. The summed E-state index contributed by atoms with van der Waals surface area (Å²) in [6.45, 7) is 4.12. The number of hydrogen-bond donors (Lipinski definition) is 2. The molecule has 36 heavy (non-hydrogen) atoms. The van der Waals surface area contributed by atoms with Crippen LogP contribution >= 0.6 is 27.3 Å². The average Bonchev–Trinajstić information content (AvgIpc) is 3.36. The van der Waals surface area contributed by atoms with Crippen molar-refractivity contribution in [1.29, 1.82) is 0 Å². The Balaban J connectivity index is 1.41. The van der Waals surface area contributed by atoms with E-state index in [-0.39, 0.29) is 12.5 Å². The number of para-hydroxylation sites is 1. The summed E-state index contributed by atoms with van der Waals surface area (Å²) in [4.78, 5) is 17.0. The second-order valence-electron chi connectivity index (χ2n) is 7.68. The molecule has 0 fully saturated rings. The molecule has 0 atom stereocenters. The molecule has 0 unspecified atom stereocenters. The van der Waals surface area contributed by atoms with Crippen molar-refractivity contribution in [2.24, 2.45) is 5.10 Å². The monoisotopic (exact) mass is 564 g/mol. The SMILES string of the molecule is CCOc1cc(C=NNc2nc(-c3ccccc3)cs2)c(Br)cc1OCC(=O)Nc1ccccc1C. The summed E-state index contributed by atoms with van der Waals surface area (Å²) in [6.07, 6.45) is 1.67. The molecule has 1 amide bonds. The van der Waals surface area contributed by atoms with Gasteiger partial charge in [-0.3, -0.25) is 10.2 Å². The summed E-state index contributed by atoms with van der Waals surface area (Å²) < 4.78 is 12.3. The number of benzene rings is 3. The summed E-state index contributed by atoms with van der Waals surface area (Å²) in [5, 5.41) is 9.85. The molecule has 2 N–H and O–H groups in total. The Bertz CT molecular complexity index is 1360. The van der Waals surface area contributed by atoms with Crippen LogP contribution in [0.3, 0.4) is 0 Å². The van der Waals surface area contributed by atoms with E-state index in [1.54, 1.807) is 12.3 Å². The van der Waals surface area contributed by atoms with Gasteiger partial charge in [0, 0.05) is 26.7 Å². The van der Waals surface area contributed by atoms with Gasteiger partial charge in [0.1, 0.15) is 0 Å². The lowest BCUT2D eigenvalue weighted by Crippen LogP contribution is -2.21. The minimum atomic E-state index is -0.254. The quantitative estimate of drug-likeness (QED) is 0.164. The number of thiazole rings is 1. The van der Waals surface area contributed by atoms with Crippen molar-refractivity contribution in [2.45, 2.75) is 13.8 Å². The summed E-state index contributed by atoms with van der Waals surface area (Å²) in [5.41, 5.74) is 7.44. The molecular weight excluding hydrogens is 540 g/mol. The van der Waals surface area contributed by atoms with Gasteiger partial charge in [-0.05, 0) is 53.5 Å². The van der Waals surface area contributed by atoms with Crippen molar-refractivity contribution in [1.82, 2.24) is 4.98 Å². The van der Waals surface area contributed by atoms with Gasteiger partial charge in [-0.1, -0.05) is 48.5 Å². The normalized spacial score (nSPS) is 10.9. The van der Waals surface area contributed by atoms with Gasteiger partial charge < -0.3 is 14.8 Å². The third kappa shape index (κ3) is 6.71. The lowest BCUT2D eigenvalue weighted by Gasteiger charge is -2.14. The fourth-order valence-corrected chi connectivity index (χ4v) is 4.39. The number of hydrazone groups is 1. The molecule has 0 bridgehead atoms. The number of ether oxygens (including phenoxy) is 2. The van der Waals surface area contributed by atoms with Crippen LogP contribution in [0.25, 0.3) is 11.3 Å². The molecule has 4 aromatic rings. The van der Waals surface area contributed by atoms with E-state index >= 15 is 0 Å². The Morgan fingerprint density at radius 3 is 2.61 bits per heavy atom. The van der Waals surface area contributed by atoms with Crippen molar-refractivity contribution < 1.29 is 14.3 Å². The first kappa shape index (κ1) is 25.4. The number of carbonyl (C=O) groups excluding carboxylic acids is 1. The van der Waals surface area contributed by atoms with Gasteiger partial charge in [-0.25, -0.2) is 4.98 Å². The molecule has 0 radical (unpaired) electrons. The van der Waals surface area contributed by atoms with Gasteiger partial charge in [0.15, 0.2) is 18.1 Å². The van der Waals surface area contributed by atoms with Gasteiger partial charge in [0.25, 0.3) is 5.91 Å². The van der Waals surface area contributed by atoms with Crippen molar-refractivity contribution in [3.63, 3.8) is 0 Å². The number of halogens is 1. The number of nitrogens with one attached hydrogen (secondary N) is 2. The lowest BCUT2D eigenvalue weighted by atomic mass is 10.2. The molecular formula is C27H25BrN4O3S. The first-order valence-electron chi connectivity index (χ1n) is 11.3. The van der Waals surface area contributed by atoms with E-state index in [0.29, 0.717) is 23.2 Å². The van der Waals surface area contributed by atoms with E-state index in [4.69, 9.17) is 9.47 Å². The Labute approximate surface area is 222 Å². The lowest BCUT2D eigenvalue weighted by molar-refractivity contribution is -0.118. The number of nitrogens with zero attached hydrogens (tertiary/aromatic N) is 2. The highest BCUT2D eigenvalue weighted by Gasteiger charge is 2.13. The highest BCUT2D eigenvalue weighted by molar-refractivity contribution is 9.10. The molecule has 0 aliphatic heterocycles. The van der Waals surface area contributed by atoms with E-state index in [1.807, 2.05) is 79.9 Å². The largest absolute Gasteiger partial charge is 0.490 e. The van der Waals surface area contributed by atoms with Crippen molar-refractivity contribution in [3.05, 3.63) is 87.7 Å². The maximum atomic E-state index is 12.4. The number of aromatic nitrogens is 1. The van der Waals surface area contributed by atoms with E-state index < -0.39 is 0 Å². The van der Waals surface area contributed by atoms with Crippen LogP contribution in [0.15, 0.2) is 81.7 Å². The Morgan fingerprint density at radius 1 is 1.08 bits per heavy atom. The Morgan fingerprint density at radius 2 is 1.83 bits per heavy atom. The van der Waals surface area contributed by atoms with Crippen molar-refractivity contribution in [3.8, 4) is 22.8 Å². The zero-order chi connectivity index (χ0) is 25.3. The van der Waals surface area contributed by atoms with Crippen LogP contribution in [0, 0.1) is 6.92 Å². The van der Waals surface area contributed by atoms with E-state index in [9.17, 15) is 4.79 Å². The molecule has 0 saturated heterocycles. The summed E-state index contributed by atoms with van der Waals surface area (Å²) in [7, 11) is 0. The first-order valence-corrected chi connectivity index (χ1v) is 13.0. The maximum absolute atomic E-state index is 12.4. The molecule has 7 nitrogen and oxygen atoms in total. The van der Waals surface area contributed by atoms with Crippen LogP contribution in [0.1, 0.15) is 18.1 Å². The number of aryl methyl sites for hydroxylation is 1. The van der Waals surface area contributed by atoms with Crippen molar-refractivity contribution in [2.75, 3.05) is 24.0 Å². The predicted octanol–water partition coefficient (Wildman–Crippen LogP) is 6.74. The van der Waals surface area contributed by atoms with E-state index in [0.717, 1.165) is 32.5 Å². The number of rotatable bonds is 10. The summed E-state index contributed by atoms with van der Waals surface area (Å²) in [5.74, 6) is 0.726. The topological polar surface area (TPSA) is 84.8 Å². The van der Waals surface area contributed by atoms with E-state index in [2.05, 4.69) is 36.8 Å². The van der Waals surface area contributed by atoms with Crippen LogP contribution in [0.4, 0.5) is 10.8 Å². The zero-order valence-electron chi connectivity index (χ0n) is 19.8. The number of amides is 1. The molecule has 0 aliphatic carbocycles. The molecule has 9 heteroatoms. The second kappa shape index (κ2) is 12.3. The number of anilines is 2. The highest BCUT2D eigenvalue weighted by Crippen LogP contribution is 2.33. The van der Waals surface area contributed by atoms with Crippen LogP contribution in [-0.4, -0.2) is 30.3 Å². The smallest absolute Gasteiger partial charge is 0.262 e. The number of carbonyl (C=O) groups is 1. The molecule has 0 spiro atoms. The molecule has 4 rings (SSSR count). The van der Waals surface area contributed by atoms with Gasteiger partial charge in [0.2, 0.25) is 5.13 Å². The predicted molar refractivity (Wildman–Crippen MR) is 149 cm³/mol. The Hall–Kier alpha value is -3.69. The van der Waals surface area contributed by atoms with Crippen LogP contribution in [0.5, 0.6) is 11.5 Å². The molecule has 0 aliphatic rings. The maximum Gasteiger partial charge on any atom is 0.262 e. The zero-order valence-corrected chi connectivity index (χ0v) is 22.2. The highest BCUT2D eigenvalue weighted by atomic mass is 79.9. The van der Waals surface area contributed by atoms with Crippen LogP contribution in [-0.2, 0) is 4.79 Å². The van der Waals surface area contributed by atoms with Crippen molar-refractivity contribution >= 4 is 50.2 Å². The van der Waals surface area contributed by atoms with Gasteiger partial charge >= 0.3 is 0 Å². The fraction of sp³-hybridized carbons (Fsp3) is 0.148. The molecule has 0 saturated carbocycles. The minimum Gasteiger partial charge on any atom is -0.490 e. The molecule has 1 heterocycles. The Kier molecular flexibility index (Phi) is 8.70. The fourth-order valence-electron chi connectivity index (χ4n) is 3.30. The minimum absolute atomic E-state index is 0.149. The second-order valence-corrected chi connectivity index (χ2v) is 9.39. The molecule has 1 aromatic heterocycles.